The highest BCUT2D eigenvalue weighted by molar-refractivity contribution is 7.14. The minimum Gasteiger partial charge on any atom is -0.444 e. The molecule has 4 aliphatic rings. The molecule has 8 N–H and O–H groups in total. The van der Waals surface area contributed by atoms with Gasteiger partial charge in [-0.15, -0.1) is 44.2 Å². The number of hydrogen-bond donors (Lipinski definition) is 8. The molecular weight excluding hydrogens is 1820 g/mol. The van der Waals surface area contributed by atoms with Gasteiger partial charge in [0.05, 0.1) is 90.6 Å². The quantitative estimate of drug-likeness (QED) is 0.0226. The SMILES string of the molecule is Cc1cc([C@H](C(=O)N2C[C@H](O)C[C@H]2C(=O)N[C@@H](C)c2ccc(-c3cnco3)cc2)C(C)C)on1.Cc1nc([C@H](C(=O)N2C[C@H](O)C[C@H]2C(=O)NCc2ccc(-c3scnc3C)cc2)C(C)C)no1.Cc1nc([C@H](C(=O)N2C[C@H](O)C[C@H]2C(=O)NCc2ccc(-c3scnc3C)cc2)C(C)C)ns1.Cc1nnc([C@H](C(=O)N2C[C@H](O)C[C@H]2C(=O)NCc2ccc(-c3scnc3C)cc2)C(C)C)o1. The fourth-order valence-electron chi connectivity index (χ4n) is 17.3. The predicted molar refractivity (Wildman–Crippen MR) is 510 cm³/mol. The molecule has 39 heteroatoms. The Morgan fingerprint density at radius 3 is 1.16 bits per heavy atom. The van der Waals surface area contributed by atoms with Crippen LogP contribution in [0.2, 0.25) is 0 Å². The van der Waals surface area contributed by atoms with Crippen molar-refractivity contribution in [2.24, 2.45) is 23.7 Å². The van der Waals surface area contributed by atoms with Crippen LogP contribution >= 0.6 is 45.5 Å². The zero-order valence-corrected chi connectivity index (χ0v) is 82.1. The summed E-state index contributed by atoms with van der Waals surface area (Å²) in [6.07, 6.45) is 0.779. The molecule has 4 saturated heterocycles. The van der Waals surface area contributed by atoms with Crippen LogP contribution in [0.3, 0.4) is 0 Å². The molecule has 35 nitrogen and oxygen atoms in total. The third-order valence-corrected chi connectivity index (χ3v) is 27.9. The molecule has 0 radical (unpaired) electrons. The van der Waals surface area contributed by atoms with Crippen LogP contribution in [0.25, 0.3) is 42.6 Å². The van der Waals surface area contributed by atoms with E-state index in [4.69, 9.17) is 17.9 Å². The molecule has 136 heavy (non-hydrogen) atoms. The first-order valence-electron chi connectivity index (χ1n) is 45.4. The number of oxazole rings is 1. The van der Waals surface area contributed by atoms with Gasteiger partial charge in [-0.25, -0.2) is 24.9 Å². The van der Waals surface area contributed by atoms with Gasteiger partial charge in [0.15, 0.2) is 23.8 Å². The van der Waals surface area contributed by atoms with Gasteiger partial charge in [0.25, 0.3) is 0 Å². The number of β-amino-alcohol motifs (C(OH)–C–C–N with tert-alkyl or cyclic N) is 4. The lowest BCUT2D eigenvalue weighted by atomic mass is 9.91. The van der Waals surface area contributed by atoms with Gasteiger partial charge in [0.1, 0.15) is 58.6 Å². The zero-order valence-electron chi connectivity index (χ0n) is 78.8. The van der Waals surface area contributed by atoms with E-state index in [9.17, 15) is 58.8 Å². The van der Waals surface area contributed by atoms with Gasteiger partial charge in [0.2, 0.25) is 64.9 Å². The molecule has 12 aromatic rings. The zero-order chi connectivity index (χ0) is 97.6. The summed E-state index contributed by atoms with van der Waals surface area (Å²) in [5.74, 6) is -2.06. The van der Waals surface area contributed by atoms with Gasteiger partial charge < -0.3 is 79.2 Å². The molecule has 4 aromatic carbocycles. The first-order chi connectivity index (χ1) is 65.0. The number of rotatable bonds is 28. The average Bonchev–Trinajstić information content (AvgIpc) is 1.64. The number of nitrogens with one attached hydrogen (secondary N) is 4. The third-order valence-electron chi connectivity index (χ3n) is 24.4. The number of carbonyl (C=O) groups is 8. The van der Waals surface area contributed by atoms with Crippen molar-refractivity contribution in [1.82, 2.24) is 95.7 Å². The molecule has 0 saturated carbocycles. The maximum atomic E-state index is 13.5. The summed E-state index contributed by atoms with van der Waals surface area (Å²) in [5.41, 5.74) is 17.0. The number of nitrogens with zero attached hydrogens (tertiary/aromatic N) is 15. The molecule has 0 bridgehead atoms. The van der Waals surface area contributed by atoms with Crippen LogP contribution < -0.4 is 21.3 Å². The summed E-state index contributed by atoms with van der Waals surface area (Å²) in [6.45, 7) is 31.5. The molecule has 12 heterocycles. The van der Waals surface area contributed by atoms with Crippen LogP contribution in [0.5, 0.6) is 0 Å². The van der Waals surface area contributed by atoms with E-state index in [1.54, 1.807) is 67.0 Å². The van der Waals surface area contributed by atoms with Crippen LogP contribution in [0, 0.1) is 72.1 Å². The maximum absolute atomic E-state index is 13.5. The van der Waals surface area contributed by atoms with Crippen molar-refractivity contribution in [3.8, 4) is 42.6 Å². The maximum Gasteiger partial charge on any atom is 0.243 e. The van der Waals surface area contributed by atoms with Crippen molar-refractivity contribution >= 4 is 92.8 Å². The second-order valence-corrected chi connectivity index (χ2v) is 39.6. The standard InChI is InChI=1S/C25H30N4O5.2C24H29N5O4S.C24H29N5O3S2/c1-14(2)23(21-9-15(3)28-34-21)25(32)29-12-19(30)10-20(29)24(31)27-16(4)17-5-7-18(8-6-17)22-11-26-13-33-22;1-13(2)20(22-27-15(4)33-28-22)24(32)29-11-18(30)9-19(29)23(31)25-10-16-5-7-17(8-6-16)21-14(3)26-12-34-21;1-13(2)20(23-28-27-15(4)33-23)24(32)29-11-18(30)9-19(29)22(31)25-10-16-5-7-17(8-6-16)21-14(3)26-12-34-21;1-13(2)20(22-27-15(4)34-28-22)24(32)29-11-18(30)9-19(29)23(31)25-10-16-5-7-17(8-6-16)21-14(3)26-12-33-21/h5-9,11,13-14,16,19-20,23,30H,10,12H2,1-4H3,(H,27,31);3*5-8,12-13,18-20,30H,9-11H2,1-4H3,(H,25,31)/t16-,19+,20-,23+;3*18-,19+,20-/m0111/s1. The first kappa shape index (κ1) is 101. The topological polar surface area (TPSA) is 473 Å². The number of amides is 8. The Labute approximate surface area is 804 Å². The average molecular weight is 1930 g/mol. The number of aliphatic hydroxyl groups excluding tert-OH is 4. The van der Waals surface area contributed by atoms with E-state index in [-0.39, 0.29) is 135 Å². The molecule has 8 amide bonds. The van der Waals surface area contributed by atoms with E-state index < -0.39 is 72.3 Å². The number of thiazole rings is 3. The largest absolute Gasteiger partial charge is 0.444 e. The molecule has 4 aliphatic heterocycles. The molecule has 0 aliphatic carbocycles. The molecule has 720 valence electrons. The van der Waals surface area contributed by atoms with E-state index in [2.05, 4.69) is 76.1 Å². The van der Waals surface area contributed by atoms with Crippen LogP contribution in [-0.4, -0.2) is 217 Å². The van der Waals surface area contributed by atoms with E-state index in [0.717, 1.165) is 81.2 Å². The fourth-order valence-corrected chi connectivity index (χ4v) is 20.2. The minimum atomic E-state index is -0.765. The number of aromatic nitrogens is 11. The summed E-state index contributed by atoms with van der Waals surface area (Å²) in [7, 11) is 0. The second-order valence-electron chi connectivity index (χ2n) is 36.1. The van der Waals surface area contributed by atoms with Crippen molar-refractivity contribution in [2.75, 3.05) is 26.2 Å². The Hall–Kier alpha value is -12.4. The van der Waals surface area contributed by atoms with Crippen molar-refractivity contribution in [2.45, 2.75) is 234 Å². The smallest absolute Gasteiger partial charge is 0.243 e. The van der Waals surface area contributed by atoms with E-state index in [0.29, 0.717) is 60.3 Å². The first-order valence-corrected chi connectivity index (χ1v) is 48.8. The normalized spacial score (nSPS) is 19.2. The Kier molecular flexibility index (Phi) is 33.8. The predicted octanol–water partition coefficient (Wildman–Crippen LogP) is 12.2. The summed E-state index contributed by atoms with van der Waals surface area (Å²) >= 11 is 6.05. The number of carbonyl (C=O) groups excluding carboxylic acids is 8. The number of hydrogen-bond acceptors (Lipinski definition) is 31. The van der Waals surface area contributed by atoms with Gasteiger partial charge in [-0.1, -0.05) is 163 Å². The summed E-state index contributed by atoms with van der Waals surface area (Å²) in [4.78, 5) is 141. The molecule has 0 spiro atoms. The van der Waals surface area contributed by atoms with Gasteiger partial charge in [0, 0.05) is 97.0 Å². The van der Waals surface area contributed by atoms with Gasteiger partial charge in [-0.2, -0.15) is 9.36 Å². The van der Waals surface area contributed by atoms with Crippen molar-refractivity contribution in [3.05, 3.63) is 217 Å². The highest BCUT2D eigenvalue weighted by Gasteiger charge is 2.48. The van der Waals surface area contributed by atoms with Crippen LogP contribution in [0.15, 0.2) is 150 Å². The lowest BCUT2D eigenvalue weighted by Crippen LogP contribution is -2.48. The van der Waals surface area contributed by atoms with Crippen molar-refractivity contribution in [1.29, 1.82) is 0 Å². The number of benzene rings is 4. The lowest BCUT2D eigenvalue weighted by Gasteiger charge is -2.29. The number of aliphatic hydroxyl groups is 4. The van der Waals surface area contributed by atoms with E-state index in [1.807, 2.05) is 204 Å². The van der Waals surface area contributed by atoms with Crippen LogP contribution in [-0.2, 0) is 58.0 Å². The van der Waals surface area contributed by atoms with E-state index >= 15 is 0 Å². The monoisotopic (exact) mass is 1930 g/mol. The number of likely N-dealkylation sites (tertiary alicyclic amines) is 4. The van der Waals surface area contributed by atoms with Gasteiger partial charge >= 0.3 is 0 Å². The Bertz CT molecular complexity index is 5610. The summed E-state index contributed by atoms with van der Waals surface area (Å²) < 4.78 is 25.6. The van der Waals surface area contributed by atoms with E-state index in [1.165, 1.54) is 37.5 Å². The summed E-state index contributed by atoms with van der Waals surface area (Å²) in [6, 6.07) is 30.0. The summed E-state index contributed by atoms with van der Waals surface area (Å²) in [5, 5.41) is 69.4. The highest BCUT2D eigenvalue weighted by Crippen LogP contribution is 2.38. The molecule has 0 unspecified atom stereocenters. The fraction of sp³-hybridized carbons (Fsp3) is 0.454. The molecular formula is C97H117N19O16S4. The second kappa shape index (κ2) is 45.5. The minimum absolute atomic E-state index is 0.0383. The van der Waals surface area contributed by atoms with Gasteiger partial charge in [-0.3, -0.25) is 38.4 Å². The van der Waals surface area contributed by atoms with Gasteiger partial charge in [-0.05, 0) is 116 Å². The Morgan fingerprint density at radius 1 is 0.441 bits per heavy atom. The van der Waals surface area contributed by atoms with Crippen LogP contribution in [0.1, 0.15) is 203 Å². The molecule has 8 aromatic heterocycles. The van der Waals surface area contributed by atoms with Crippen LogP contribution in [0.4, 0.5) is 0 Å². The highest BCUT2D eigenvalue weighted by atomic mass is 32.1. The lowest BCUT2D eigenvalue weighted by molar-refractivity contribution is -0.141. The Balaban J connectivity index is 0.000000153. The third kappa shape index (κ3) is 24.7. The number of aryl methyl sites for hydroxylation is 7. The van der Waals surface area contributed by atoms with Crippen molar-refractivity contribution < 1.29 is 76.7 Å². The molecule has 13 atom stereocenters. The Morgan fingerprint density at radius 2 is 0.831 bits per heavy atom. The molecule has 4 fully saturated rings. The molecule has 16 rings (SSSR count). The van der Waals surface area contributed by atoms with Crippen molar-refractivity contribution in [3.63, 3.8) is 0 Å².